The zero-order valence-electron chi connectivity index (χ0n) is 17.7. The van der Waals surface area contributed by atoms with Crippen molar-refractivity contribution in [3.05, 3.63) is 35.3 Å². The van der Waals surface area contributed by atoms with E-state index < -0.39 is 0 Å². The summed E-state index contributed by atoms with van der Waals surface area (Å²) in [7, 11) is 0. The number of piperidine rings is 1. The van der Waals surface area contributed by atoms with Gasteiger partial charge in [0.2, 0.25) is 5.91 Å². The number of nitrogens with one attached hydrogen (secondary N) is 1. The van der Waals surface area contributed by atoms with Crippen molar-refractivity contribution in [2.45, 2.75) is 52.0 Å². The lowest BCUT2D eigenvalue weighted by atomic mass is 9.93. The van der Waals surface area contributed by atoms with Crippen LogP contribution >= 0.6 is 0 Å². The van der Waals surface area contributed by atoms with Gasteiger partial charge in [0.15, 0.2) is 0 Å². The molecule has 0 aliphatic carbocycles. The maximum atomic E-state index is 13.5. The number of hydrogen-bond acceptors (Lipinski definition) is 3. The van der Waals surface area contributed by atoms with E-state index in [2.05, 4.69) is 5.32 Å². The van der Waals surface area contributed by atoms with Crippen LogP contribution < -0.4 is 5.32 Å². The smallest absolute Gasteiger partial charge is 0.317 e. The molecule has 162 valence electrons. The molecule has 1 N–H and O–H groups in total. The first kappa shape index (κ1) is 20.7. The highest BCUT2D eigenvalue weighted by molar-refractivity contribution is 5.82. The number of urea groups is 1. The van der Waals surface area contributed by atoms with Crippen molar-refractivity contribution < 1.29 is 18.4 Å². The summed E-state index contributed by atoms with van der Waals surface area (Å²) < 4.78 is 19.4. The zero-order chi connectivity index (χ0) is 21.3. The molecule has 2 aliphatic rings. The van der Waals surface area contributed by atoms with E-state index >= 15 is 0 Å². The molecule has 0 radical (unpaired) electrons. The number of amides is 3. The number of fused-ring (bicyclic) bond motifs is 1. The van der Waals surface area contributed by atoms with Crippen LogP contribution in [0.5, 0.6) is 0 Å². The van der Waals surface area contributed by atoms with E-state index in [4.69, 9.17) is 4.42 Å². The van der Waals surface area contributed by atoms with E-state index in [1.165, 1.54) is 12.1 Å². The van der Waals surface area contributed by atoms with Gasteiger partial charge in [0, 0.05) is 43.5 Å². The summed E-state index contributed by atoms with van der Waals surface area (Å²) in [6.07, 6.45) is 4.53. The van der Waals surface area contributed by atoms with E-state index in [1.807, 2.05) is 23.6 Å². The fourth-order valence-corrected chi connectivity index (χ4v) is 4.65. The van der Waals surface area contributed by atoms with E-state index in [0.717, 1.165) is 49.7 Å². The number of carbonyl (C=O) groups excluding carboxylic acids is 2. The van der Waals surface area contributed by atoms with Crippen molar-refractivity contribution >= 4 is 22.9 Å². The van der Waals surface area contributed by atoms with Gasteiger partial charge in [-0.15, -0.1) is 0 Å². The molecule has 3 amide bonds. The zero-order valence-corrected chi connectivity index (χ0v) is 17.7. The van der Waals surface area contributed by atoms with E-state index in [-0.39, 0.29) is 23.8 Å². The molecule has 30 heavy (non-hydrogen) atoms. The molecule has 4 rings (SSSR count). The molecular weight excluding hydrogens is 385 g/mol. The summed E-state index contributed by atoms with van der Waals surface area (Å²) in [5.41, 5.74) is 1.46. The number of furan rings is 1. The van der Waals surface area contributed by atoms with Gasteiger partial charge in [-0.1, -0.05) is 0 Å². The van der Waals surface area contributed by atoms with E-state index in [9.17, 15) is 14.0 Å². The maximum absolute atomic E-state index is 13.5. The average molecular weight is 416 g/mol. The summed E-state index contributed by atoms with van der Waals surface area (Å²) in [4.78, 5) is 28.9. The summed E-state index contributed by atoms with van der Waals surface area (Å²) in [5, 5.41) is 3.74. The van der Waals surface area contributed by atoms with Crippen molar-refractivity contribution in [2.24, 2.45) is 5.92 Å². The Labute approximate surface area is 176 Å². The second kappa shape index (κ2) is 8.66. The van der Waals surface area contributed by atoms with Crippen LogP contribution in [-0.2, 0) is 4.79 Å². The van der Waals surface area contributed by atoms with Crippen molar-refractivity contribution in [1.29, 1.82) is 0 Å². The first-order valence-electron chi connectivity index (χ1n) is 10.9. The Kier molecular flexibility index (Phi) is 5.97. The molecule has 2 aliphatic heterocycles. The van der Waals surface area contributed by atoms with Gasteiger partial charge in [-0.05, 0) is 63.6 Å². The number of rotatable bonds is 4. The second-order valence-electron chi connectivity index (χ2n) is 8.63. The van der Waals surface area contributed by atoms with Crippen LogP contribution in [0.3, 0.4) is 0 Å². The van der Waals surface area contributed by atoms with Crippen molar-refractivity contribution in [2.75, 3.05) is 26.2 Å². The van der Waals surface area contributed by atoms with Gasteiger partial charge < -0.3 is 19.5 Å². The van der Waals surface area contributed by atoms with Crippen LogP contribution in [0, 0.1) is 18.7 Å². The molecule has 7 heteroatoms. The van der Waals surface area contributed by atoms with Gasteiger partial charge in [0.1, 0.15) is 17.2 Å². The Morgan fingerprint density at radius 2 is 1.87 bits per heavy atom. The Balaban J connectivity index is 1.30. The minimum absolute atomic E-state index is 0.127. The van der Waals surface area contributed by atoms with Crippen molar-refractivity contribution in [3.8, 4) is 0 Å². The third kappa shape index (κ3) is 4.30. The predicted molar refractivity (Wildman–Crippen MR) is 113 cm³/mol. The van der Waals surface area contributed by atoms with Gasteiger partial charge in [0.05, 0.1) is 6.04 Å². The van der Waals surface area contributed by atoms with Gasteiger partial charge >= 0.3 is 6.03 Å². The molecule has 3 heterocycles. The topological polar surface area (TPSA) is 65.8 Å². The van der Waals surface area contributed by atoms with Gasteiger partial charge in [0.25, 0.3) is 0 Å². The van der Waals surface area contributed by atoms with Crippen LogP contribution in [0.25, 0.3) is 11.0 Å². The molecule has 1 aromatic heterocycles. The van der Waals surface area contributed by atoms with Gasteiger partial charge in [-0.2, -0.15) is 0 Å². The molecule has 6 nitrogen and oxygen atoms in total. The van der Waals surface area contributed by atoms with Crippen molar-refractivity contribution in [1.82, 2.24) is 15.1 Å². The third-order valence-corrected chi connectivity index (χ3v) is 6.49. The number of nitrogens with zero attached hydrogens (tertiary/aromatic N) is 2. The normalized spacial score (nSPS) is 18.8. The fourth-order valence-electron chi connectivity index (χ4n) is 4.65. The average Bonchev–Trinajstić information content (AvgIpc) is 3.37. The number of likely N-dealkylation sites (tertiary alicyclic amines) is 2. The van der Waals surface area contributed by atoms with Crippen LogP contribution in [0.2, 0.25) is 0 Å². The minimum atomic E-state index is -0.317. The summed E-state index contributed by atoms with van der Waals surface area (Å²) in [6.45, 7) is 6.85. The number of carbonyl (C=O) groups is 2. The lowest BCUT2D eigenvalue weighted by molar-refractivity contribution is -0.131. The molecular formula is C23H30FN3O3. The molecule has 1 atom stereocenters. The maximum Gasteiger partial charge on any atom is 0.317 e. The Morgan fingerprint density at radius 3 is 2.57 bits per heavy atom. The molecule has 0 bridgehead atoms. The Morgan fingerprint density at radius 1 is 1.17 bits per heavy atom. The number of hydrogen-bond donors (Lipinski definition) is 1. The molecule has 1 unspecified atom stereocenters. The highest BCUT2D eigenvalue weighted by Crippen LogP contribution is 2.30. The highest BCUT2D eigenvalue weighted by atomic mass is 19.1. The first-order valence-corrected chi connectivity index (χ1v) is 10.9. The molecule has 2 saturated heterocycles. The Hall–Kier alpha value is -2.57. The van der Waals surface area contributed by atoms with E-state index in [1.54, 1.807) is 6.07 Å². The van der Waals surface area contributed by atoms with E-state index in [0.29, 0.717) is 36.8 Å². The molecule has 0 spiro atoms. The summed E-state index contributed by atoms with van der Waals surface area (Å²) in [5.74, 6) is 0.962. The van der Waals surface area contributed by atoms with Crippen molar-refractivity contribution in [3.63, 3.8) is 0 Å². The van der Waals surface area contributed by atoms with Gasteiger partial charge in [-0.25, -0.2) is 9.18 Å². The second-order valence-corrected chi connectivity index (χ2v) is 8.63. The fraction of sp³-hybridized carbons (Fsp3) is 0.565. The van der Waals surface area contributed by atoms with Gasteiger partial charge in [-0.3, -0.25) is 4.79 Å². The number of benzene rings is 1. The van der Waals surface area contributed by atoms with Crippen LogP contribution in [0.1, 0.15) is 56.4 Å². The number of aryl methyl sites for hydroxylation is 1. The number of halogens is 1. The molecule has 2 aromatic rings. The van der Waals surface area contributed by atoms with Crippen LogP contribution in [-0.4, -0.2) is 47.9 Å². The molecule has 0 saturated carbocycles. The standard InChI is InChI=1S/C23H30FN3O3/c1-15-19-14-18(24)5-6-20(19)30-22(15)16(2)25-23(29)27-11-7-17(8-12-27)13-21(28)26-9-3-4-10-26/h5-6,14,16-17H,3-4,7-13H2,1-2H3,(H,25,29). The quantitative estimate of drug-likeness (QED) is 0.806. The largest absolute Gasteiger partial charge is 0.459 e. The Bertz CT molecular complexity index is 927. The summed E-state index contributed by atoms with van der Waals surface area (Å²) >= 11 is 0. The van der Waals surface area contributed by atoms with Crippen LogP contribution in [0.4, 0.5) is 9.18 Å². The molecule has 1 aromatic carbocycles. The lowest BCUT2D eigenvalue weighted by Crippen LogP contribution is -2.45. The summed E-state index contributed by atoms with van der Waals surface area (Å²) in [6, 6.07) is 4.00. The van der Waals surface area contributed by atoms with Crippen LogP contribution in [0.15, 0.2) is 22.6 Å². The SMILES string of the molecule is Cc1c(C(C)NC(=O)N2CCC(CC(=O)N3CCCC3)CC2)oc2ccc(F)cc12. The highest BCUT2D eigenvalue weighted by Gasteiger charge is 2.28. The monoisotopic (exact) mass is 415 g/mol. The minimum Gasteiger partial charge on any atom is -0.459 e. The predicted octanol–water partition coefficient (Wildman–Crippen LogP) is 4.38. The molecule has 2 fully saturated rings. The first-order chi connectivity index (χ1) is 14.4. The lowest BCUT2D eigenvalue weighted by Gasteiger charge is -2.33. The third-order valence-electron chi connectivity index (χ3n) is 6.49.